The SMILES string of the molecule is COc1ccc(CN(C)C(=O)[C@@H](C)Oc2ccc(Cl)cc2)cc1OC. The minimum Gasteiger partial charge on any atom is -0.493 e. The maximum Gasteiger partial charge on any atom is 0.263 e. The molecule has 2 aromatic carbocycles. The van der Waals surface area contributed by atoms with Gasteiger partial charge in [0, 0.05) is 18.6 Å². The van der Waals surface area contributed by atoms with Crippen molar-refractivity contribution >= 4 is 17.5 Å². The lowest BCUT2D eigenvalue weighted by atomic mass is 10.2. The third kappa shape index (κ3) is 5.03. The van der Waals surface area contributed by atoms with Gasteiger partial charge in [-0.15, -0.1) is 0 Å². The molecule has 0 heterocycles. The molecule has 0 spiro atoms. The molecule has 0 aliphatic rings. The Balaban J connectivity index is 2.00. The lowest BCUT2D eigenvalue weighted by molar-refractivity contribution is -0.137. The minimum atomic E-state index is -0.605. The van der Waals surface area contributed by atoms with Crippen LogP contribution in [-0.4, -0.2) is 38.2 Å². The Bertz CT molecular complexity index is 718. The first-order chi connectivity index (χ1) is 11.9. The van der Waals surface area contributed by atoms with Crippen LogP contribution < -0.4 is 14.2 Å². The lowest BCUT2D eigenvalue weighted by Gasteiger charge is -2.22. The zero-order valence-corrected chi connectivity index (χ0v) is 15.5. The second-order valence-electron chi connectivity index (χ2n) is 5.60. The van der Waals surface area contributed by atoms with Gasteiger partial charge in [-0.2, -0.15) is 0 Å². The van der Waals surface area contributed by atoms with Gasteiger partial charge in [-0.3, -0.25) is 4.79 Å². The van der Waals surface area contributed by atoms with E-state index in [2.05, 4.69) is 0 Å². The van der Waals surface area contributed by atoms with Gasteiger partial charge in [0.1, 0.15) is 5.75 Å². The Hall–Kier alpha value is -2.40. The highest BCUT2D eigenvalue weighted by molar-refractivity contribution is 6.30. The van der Waals surface area contributed by atoms with Crippen LogP contribution in [0.5, 0.6) is 17.2 Å². The van der Waals surface area contributed by atoms with Crippen molar-refractivity contribution in [3.05, 3.63) is 53.1 Å². The highest BCUT2D eigenvalue weighted by atomic mass is 35.5. The fourth-order valence-corrected chi connectivity index (χ4v) is 2.53. The molecule has 0 aliphatic carbocycles. The summed E-state index contributed by atoms with van der Waals surface area (Å²) in [6.07, 6.45) is -0.605. The van der Waals surface area contributed by atoms with Gasteiger partial charge < -0.3 is 19.1 Å². The van der Waals surface area contributed by atoms with Crippen LogP contribution in [0.15, 0.2) is 42.5 Å². The van der Waals surface area contributed by atoms with Crippen molar-refractivity contribution in [1.29, 1.82) is 0 Å². The summed E-state index contributed by atoms with van der Waals surface area (Å²) in [6.45, 7) is 2.16. The number of carbonyl (C=O) groups excluding carboxylic acids is 1. The zero-order valence-electron chi connectivity index (χ0n) is 14.8. The average Bonchev–Trinajstić information content (AvgIpc) is 2.62. The van der Waals surface area contributed by atoms with Crippen LogP contribution in [0.25, 0.3) is 0 Å². The summed E-state index contributed by atoms with van der Waals surface area (Å²) in [6, 6.07) is 12.5. The Morgan fingerprint density at radius 2 is 1.72 bits per heavy atom. The van der Waals surface area contributed by atoms with Gasteiger partial charge in [-0.05, 0) is 48.9 Å². The summed E-state index contributed by atoms with van der Waals surface area (Å²) >= 11 is 5.85. The fourth-order valence-electron chi connectivity index (χ4n) is 2.41. The molecule has 6 heteroatoms. The maximum atomic E-state index is 12.5. The molecule has 1 amide bonds. The highest BCUT2D eigenvalue weighted by Gasteiger charge is 2.20. The van der Waals surface area contributed by atoms with Gasteiger partial charge in [0.05, 0.1) is 14.2 Å². The van der Waals surface area contributed by atoms with E-state index in [1.54, 1.807) is 57.4 Å². The van der Waals surface area contributed by atoms with Crippen molar-refractivity contribution < 1.29 is 19.0 Å². The number of hydrogen-bond acceptors (Lipinski definition) is 4. The minimum absolute atomic E-state index is 0.121. The van der Waals surface area contributed by atoms with Crippen molar-refractivity contribution in [3.63, 3.8) is 0 Å². The Morgan fingerprint density at radius 3 is 2.32 bits per heavy atom. The Labute approximate surface area is 153 Å². The molecule has 0 aromatic heterocycles. The number of halogens is 1. The number of likely N-dealkylation sites (N-methyl/N-ethyl adjacent to an activating group) is 1. The van der Waals surface area contributed by atoms with Crippen LogP contribution >= 0.6 is 11.6 Å². The molecule has 0 aliphatic heterocycles. The molecule has 0 N–H and O–H groups in total. The summed E-state index contributed by atoms with van der Waals surface area (Å²) in [7, 11) is 4.91. The fraction of sp³-hybridized carbons (Fsp3) is 0.316. The quantitative estimate of drug-likeness (QED) is 0.751. The molecule has 2 rings (SSSR count). The van der Waals surface area contributed by atoms with Gasteiger partial charge >= 0.3 is 0 Å². The molecule has 25 heavy (non-hydrogen) atoms. The van der Waals surface area contributed by atoms with E-state index in [0.29, 0.717) is 28.8 Å². The molecule has 0 saturated heterocycles. The van der Waals surface area contributed by atoms with E-state index in [1.165, 1.54) is 0 Å². The van der Waals surface area contributed by atoms with Gasteiger partial charge in [-0.25, -0.2) is 0 Å². The molecule has 0 unspecified atom stereocenters. The molecule has 134 valence electrons. The number of benzene rings is 2. The monoisotopic (exact) mass is 363 g/mol. The first-order valence-electron chi connectivity index (χ1n) is 7.82. The smallest absolute Gasteiger partial charge is 0.263 e. The normalized spacial score (nSPS) is 11.6. The van der Waals surface area contributed by atoms with E-state index < -0.39 is 6.10 Å². The molecule has 0 fully saturated rings. The van der Waals surface area contributed by atoms with E-state index >= 15 is 0 Å². The van der Waals surface area contributed by atoms with Crippen molar-refractivity contribution in [3.8, 4) is 17.2 Å². The molecule has 5 nitrogen and oxygen atoms in total. The van der Waals surface area contributed by atoms with E-state index in [1.807, 2.05) is 18.2 Å². The van der Waals surface area contributed by atoms with Crippen molar-refractivity contribution in [2.24, 2.45) is 0 Å². The third-order valence-corrected chi connectivity index (χ3v) is 3.97. The Kier molecular flexibility index (Phi) is 6.53. The van der Waals surface area contributed by atoms with Gasteiger partial charge in [0.2, 0.25) is 0 Å². The van der Waals surface area contributed by atoms with Gasteiger partial charge in [0.25, 0.3) is 5.91 Å². The summed E-state index contributed by atoms with van der Waals surface area (Å²) in [5, 5.41) is 0.622. The van der Waals surface area contributed by atoms with Crippen LogP contribution in [0.4, 0.5) is 0 Å². The average molecular weight is 364 g/mol. The largest absolute Gasteiger partial charge is 0.493 e. The van der Waals surface area contributed by atoms with E-state index in [-0.39, 0.29) is 5.91 Å². The molecule has 0 bridgehead atoms. The van der Waals surface area contributed by atoms with Crippen LogP contribution in [0.1, 0.15) is 12.5 Å². The lowest BCUT2D eigenvalue weighted by Crippen LogP contribution is -2.37. The number of nitrogens with zero attached hydrogens (tertiary/aromatic N) is 1. The van der Waals surface area contributed by atoms with E-state index in [0.717, 1.165) is 5.56 Å². The summed E-state index contributed by atoms with van der Waals surface area (Å²) in [5.74, 6) is 1.76. The third-order valence-electron chi connectivity index (χ3n) is 3.72. The molecular formula is C19H22ClNO4. The first-order valence-corrected chi connectivity index (χ1v) is 8.20. The number of amides is 1. The van der Waals surface area contributed by atoms with E-state index in [4.69, 9.17) is 25.8 Å². The standard InChI is InChI=1S/C19H22ClNO4/c1-13(25-16-8-6-15(20)7-9-16)19(22)21(2)12-14-5-10-17(23-3)18(11-14)24-4/h5-11,13H,12H2,1-4H3/t13-/m1/s1. The summed E-state index contributed by atoms with van der Waals surface area (Å²) in [4.78, 5) is 14.1. The second-order valence-corrected chi connectivity index (χ2v) is 6.03. The zero-order chi connectivity index (χ0) is 18.4. The Morgan fingerprint density at radius 1 is 1.08 bits per heavy atom. The van der Waals surface area contributed by atoms with E-state index in [9.17, 15) is 4.79 Å². The molecule has 0 radical (unpaired) electrons. The number of ether oxygens (including phenoxy) is 3. The van der Waals surface area contributed by atoms with Crippen molar-refractivity contribution in [1.82, 2.24) is 4.90 Å². The number of hydrogen-bond donors (Lipinski definition) is 0. The summed E-state index contributed by atoms with van der Waals surface area (Å²) < 4.78 is 16.2. The second kappa shape index (κ2) is 8.62. The molecule has 0 saturated carbocycles. The highest BCUT2D eigenvalue weighted by Crippen LogP contribution is 2.28. The summed E-state index contributed by atoms with van der Waals surface area (Å²) in [5.41, 5.74) is 0.937. The van der Waals surface area contributed by atoms with Crippen LogP contribution in [0.3, 0.4) is 0 Å². The first kappa shape index (κ1) is 18.9. The predicted octanol–water partition coefficient (Wildman–Crippen LogP) is 3.78. The van der Waals surface area contributed by atoms with Crippen LogP contribution in [0.2, 0.25) is 5.02 Å². The number of methoxy groups -OCH3 is 2. The molecule has 2 aromatic rings. The van der Waals surface area contributed by atoms with Crippen LogP contribution in [-0.2, 0) is 11.3 Å². The predicted molar refractivity (Wildman–Crippen MR) is 97.6 cm³/mol. The molecular weight excluding hydrogens is 342 g/mol. The van der Waals surface area contributed by atoms with Gasteiger partial charge in [-0.1, -0.05) is 17.7 Å². The number of rotatable bonds is 7. The molecule has 1 atom stereocenters. The topological polar surface area (TPSA) is 48.0 Å². The van der Waals surface area contributed by atoms with Crippen LogP contribution in [0, 0.1) is 0 Å². The van der Waals surface area contributed by atoms with Gasteiger partial charge in [0.15, 0.2) is 17.6 Å². The number of carbonyl (C=O) groups is 1. The van der Waals surface area contributed by atoms with Crippen molar-refractivity contribution in [2.45, 2.75) is 19.6 Å². The van der Waals surface area contributed by atoms with Crippen molar-refractivity contribution in [2.75, 3.05) is 21.3 Å². The maximum absolute atomic E-state index is 12.5.